The minimum Gasteiger partial charge on any atom is -0.454 e. The third-order valence-electron chi connectivity index (χ3n) is 6.51. The van der Waals surface area contributed by atoms with E-state index in [-0.39, 0.29) is 12.5 Å². The molecule has 166 valence electrons. The summed E-state index contributed by atoms with van der Waals surface area (Å²) in [4.78, 5) is 43.5. The van der Waals surface area contributed by atoms with E-state index in [9.17, 15) is 14.4 Å². The van der Waals surface area contributed by atoms with Gasteiger partial charge in [0.15, 0.2) is 10.9 Å². The molecule has 0 unspecified atom stereocenters. The molecule has 1 aliphatic heterocycles. The molecule has 1 saturated heterocycles. The molecule has 1 saturated carbocycles. The maximum absolute atomic E-state index is 13.0. The number of nitrogens with zero attached hydrogens (tertiary/aromatic N) is 2. The summed E-state index contributed by atoms with van der Waals surface area (Å²) in [6.45, 7) is 1.82. The number of carbonyl (C=O) groups excluding carboxylic acids is 3. The fourth-order valence-corrected chi connectivity index (χ4v) is 5.31. The molecule has 32 heavy (non-hydrogen) atoms. The van der Waals surface area contributed by atoms with Gasteiger partial charge in [-0.3, -0.25) is 14.5 Å². The number of nitrogens with one attached hydrogen (secondary N) is 2. The van der Waals surface area contributed by atoms with Crippen molar-refractivity contribution in [1.82, 2.24) is 15.2 Å². The van der Waals surface area contributed by atoms with Crippen LogP contribution in [0.5, 0.6) is 0 Å². The highest BCUT2D eigenvalue weighted by Crippen LogP contribution is 2.37. The van der Waals surface area contributed by atoms with E-state index in [2.05, 4.69) is 22.5 Å². The predicted molar refractivity (Wildman–Crippen MR) is 121 cm³/mol. The van der Waals surface area contributed by atoms with Crippen molar-refractivity contribution in [3.63, 3.8) is 0 Å². The van der Waals surface area contributed by atoms with Crippen molar-refractivity contribution >= 4 is 45.3 Å². The third kappa shape index (κ3) is 3.66. The Labute approximate surface area is 189 Å². The highest BCUT2D eigenvalue weighted by molar-refractivity contribution is 7.14. The van der Waals surface area contributed by atoms with Crippen LogP contribution in [0.2, 0.25) is 0 Å². The highest BCUT2D eigenvalue weighted by Gasteiger charge is 2.52. The number of benzene rings is 1. The molecular formula is C23H24N4O4S. The normalized spacial score (nSPS) is 23.2. The lowest BCUT2D eigenvalue weighted by atomic mass is 9.75. The van der Waals surface area contributed by atoms with E-state index in [1.807, 2.05) is 30.3 Å². The Kier molecular flexibility index (Phi) is 5.21. The number of carbonyl (C=O) groups is 3. The molecule has 2 aliphatic rings. The van der Waals surface area contributed by atoms with Crippen LogP contribution in [0.25, 0.3) is 22.4 Å². The number of rotatable bonds is 5. The summed E-state index contributed by atoms with van der Waals surface area (Å²) in [5.74, 6) is 0.447. The number of fused-ring (bicyclic) bond motifs is 1. The van der Waals surface area contributed by atoms with Gasteiger partial charge in [0.2, 0.25) is 5.91 Å². The fourth-order valence-electron chi connectivity index (χ4n) is 4.59. The fraction of sp³-hybridized carbons (Fsp3) is 0.391. The molecule has 1 aromatic carbocycles. The zero-order valence-electron chi connectivity index (χ0n) is 17.7. The van der Waals surface area contributed by atoms with Gasteiger partial charge < -0.3 is 15.1 Å². The van der Waals surface area contributed by atoms with Crippen molar-refractivity contribution in [3.8, 4) is 11.5 Å². The summed E-state index contributed by atoms with van der Waals surface area (Å²) in [5, 5.41) is 8.70. The molecule has 8 nitrogen and oxygen atoms in total. The smallest absolute Gasteiger partial charge is 0.325 e. The summed E-state index contributed by atoms with van der Waals surface area (Å²) in [5.41, 5.74) is 0.531. The zero-order chi connectivity index (χ0) is 22.3. The topological polar surface area (TPSA) is 105 Å². The molecule has 1 spiro atoms. The molecule has 3 heterocycles. The van der Waals surface area contributed by atoms with Gasteiger partial charge in [-0.2, -0.15) is 0 Å². The zero-order valence-corrected chi connectivity index (χ0v) is 18.5. The maximum atomic E-state index is 13.0. The van der Waals surface area contributed by atoms with Crippen molar-refractivity contribution in [3.05, 3.63) is 35.7 Å². The van der Waals surface area contributed by atoms with E-state index >= 15 is 0 Å². The van der Waals surface area contributed by atoms with E-state index < -0.39 is 17.5 Å². The summed E-state index contributed by atoms with van der Waals surface area (Å²) in [7, 11) is 0. The number of thiazole rings is 1. The molecule has 0 radical (unpaired) electrons. The molecule has 5 rings (SSSR count). The molecule has 2 N–H and O–H groups in total. The molecule has 9 heteroatoms. The quantitative estimate of drug-likeness (QED) is 0.559. The first kappa shape index (κ1) is 20.7. The van der Waals surface area contributed by atoms with E-state index in [4.69, 9.17) is 4.42 Å². The van der Waals surface area contributed by atoms with E-state index in [0.29, 0.717) is 35.3 Å². The maximum Gasteiger partial charge on any atom is 0.325 e. The summed E-state index contributed by atoms with van der Waals surface area (Å²) in [6, 6.07) is 9.07. The molecule has 4 amide bonds. The second kappa shape index (κ2) is 8.05. The predicted octanol–water partition coefficient (Wildman–Crippen LogP) is 4.39. The van der Waals surface area contributed by atoms with E-state index in [0.717, 1.165) is 35.1 Å². The monoisotopic (exact) mass is 452 g/mol. The second-order valence-corrected chi connectivity index (χ2v) is 9.35. The number of urea groups is 1. The van der Waals surface area contributed by atoms with Crippen LogP contribution in [0.1, 0.15) is 39.0 Å². The van der Waals surface area contributed by atoms with Crippen LogP contribution >= 0.6 is 11.3 Å². The van der Waals surface area contributed by atoms with Crippen LogP contribution in [-0.4, -0.2) is 39.8 Å². The van der Waals surface area contributed by atoms with Crippen LogP contribution in [0, 0.1) is 5.92 Å². The van der Waals surface area contributed by atoms with Gasteiger partial charge >= 0.3 is 6.03 Å². The van der Waals surface area contributed by atoms with Crippen molar-refractivity contribution in [2.75, 3.05) is 11.9 Å². The molecular weight excluding hydrogens is 428 g/mol. The Balaban J connectivity index is 1.23. The minimum atomic E-state index is -0.849. The van der Waals surface area contributed by atoms with Gasteiger partial charge in [0, 0.05) is 10.8 Å². The molecule has 2 aromatic heterocycles. The number of imide groups is 1. The van der Waals surface area contributed by atoms with Gasteiger partial charge in [0.05, 0.1) is 0 Å². The molecule has 3 aromatic rings. The average molecular weight is 453 g/mol. The van der Waals surface area contributed by atoms with Gasteiger partial charge in [-0.15, -0.1) is 11.3 Å². The second-order valence-electron chi connectivity index (χ2n) is 8.49. The first-order chi connectivity index (χ1) is 15.5. The SMILES string of the molecule is CCC1CCC2(CC1)NC(=O)N(CC(=O)Nc1nc(-c3cc4ccccc4o3)cs1)C2=O. The average Bonchev–Trinajstić information content (AvgIpc) is 3.48. The Morgan fingerprint density at radius 3 is 2.84 bits per heavy atom. The van der Waals surface area contributed by atoms with Gasteiger partial charge in [-0.1, -0.05) is 31.5 Å². The van der Waals surface area contributed by atoms with Crippen LogP contribution in [0.15, 0.2) is 40.1 Å². The number of amides is 4. The van der Waals surface area contributed by atoms with Gasteiger partial charge in [-0.05, 0) is 43.7 Å². The first-order valence-corrected chi connectivity index (χ1v) is 11.7. The number of hydrogen-bond acceptors (Lipinski definition) is 6. The number of para-hydroxylation sites is 1. The van der Waals surface area contributed by atoms with E-state index in [1.165, 1.54) is 11.3 Å². The number of anilines is 1. The van der Waals surface area contributed by atoms with Crippen molar-refractivity contribution in [2.45, 2.75) is 44.6 Å². The van der Waals surface area contributed by atoms with Crippen LogP contribution in [0.3, 0.4) is 0 Å². The highest BCUT2D eigenvalue weighted by atomic mass is 32.1. The Morgan fingerprint density at radius 1 is 1.31 bits per heavy atom. The first-order valence-electron chi connectivity index (χ1n) is 10.9. The Hall–Kier alpha value is -3.20. The van der Waals surface area contributed by atoms with Crippen molar-refractivity contribution < 1.29 is 18.8 Å². The van der Waals surface area contributed by atoms with Crippen LogP contribution < -0.4 is 10.6 Å². The minimum absolute atomic E-state index is 0.297. The van der Waals surface area contributed by atoms with Crippen molar-refractivity contribution in [2.24, 2.45) is 5.92 Å². The molecule has 0 bridgehead atoms. The molecule has 1 aliphatic carbocycles. The Morgan fingerprint density at radius 2 is 2.09 bits per heavy atom. The standard InChI is InChI=1S/C23H24N4O4S/c1-2-14-7-9-23(10-8-14)20(29)27(22(30)26-23)12-19(28)25-21-24-16(13-32-21)18-11-15-5-3-4-6-17(15)31-18/h3-6,11,13-14H,2,7-10,12H2,1H3,(H,26,30)(H,24,25,28). The third-order valence-corrected chi connectivity index (χ3v) is 7.27. The summed E-state index contributed by atoms with van der Waals surface area (Å²) in [6.07, 6.45) is 4.15. The van der Waals surface area contributed by atoms with Crippen LogP contribution in [-0.2, 0) is 9.59 Å². The Bertz CT molecular complexity index is 1160. The summed E-state index contributed by atoms with van der Waals surface area (Å²) >= 11 is 1.26. The number of hydrogen-bond donors (Lipinski definition) is 2. The van der Waals surface area contributed by atoms with Gasteiger partial charge in [0.25, 0.3) is 5.91 Å². The largest absolute Gasteiger partial charge is 0.454 e. The molecule has 0 atom stereocenters. The lowest BCUT2D eigenvalue weighted by molar-refractivity contribution is -0.135. The van der Waals surface area contributed by atoms with Crippen molar-refractivity contribution in [1.29, 1.82) is 0 Å². The van der Waals surface area contributed by atoms with E-state index in [1.54, 1.807) is 5.38 Å². The van der Waals surface area contributed by atoms with Gasteiger partial charge in [0.1, 0.15) is 23.4 Å². The lowest BCUT2D eigenvalue weighted by Gasteiger charge is -2.34. The number of furan rings is 1. The number of aromatic nitrogens is 1. The van der Waals surface area contributed by atoms with Gasteiger partial charge in [-0.25, -0.2) is 9.78 Å². The summed E-state index contributed by atoms with van der Waals surface area (Å²) < 4.78 is 5.81. The van der Waals surface area contributed by atoms with Crippen LogP contribution in [0.4, 0.5) is 9.93 Å². The molecule has 2 fully saturated rings. The lowest BCUT2D eigenvalue weighted by Crippen LogP contribution is -2.49.